The molecule has 0 saturated carbocycles. The average molecular weight is 439 g/mol. The van der Waals surface area contributed by atoms with Crippen molar-refractivity contribution in [2.75, 3.05) is 0 Å². The second-order valence-electron chi connectivity index (χ2n) is 7.10. The summed E-state index contributed by atoms with van der Waals surface area (Å²) in [5, 5.41) is 0.870. The molecule has 7 heteroatoms. The maximum atomic E-state index is 6.51. The Kier molecular flexibility index (Phi) is 5.75. The quantitative estimate of drug-likeness (QED) is 0.356. The minimum Gasteiger partial charge on any atom is -0.487 e. The number of halogens is 2. The molecule has 0 fully saturated rings. The number of benzene rings is 1. The van der Waals surface area contributed by atoms with Crippen LogP contribution in [0.4, 0.5) is 0 Å². The predicted octanol–water partition coefficient (Wildman–Crippen LogP) is 6.05. The lowest BCUT2D eigenvalue weighted by molar-refractivity contribution is 0.301. The van der Waals surface area contributed by atoms with Crippen molar-refractivity contribution in [3.05, 3.63) is 82.0 Å². The molecule has 4 rings (SSSR count). The van der Waals surface area contributed by atoms with Crippen LogP contribution in [0, 0.1) is 13.8 Å². The van der Waals surface area contributed by atoms with Gasteiger partial charge in [-0.15, -0.1) is 0 Å². The highest BCUT2D eigenvalue weighted by atomic mass is 35.5. The molecule has 4 aromatic rings. The van der Waals surface area contributed by atoms with Gasteiger partial charge in [0.25, 0.3) is 0 Å². The van der Waals surface area contributed by atoms with Crippen molar-refractivity contribution in [2.45, 2.75) is 20.5 Å². The highest BCUT2D eigenvalue weighted by molar-refractivity contribution is 6.32. The molecule has 3 aromatic heterocycles. The lowest BCUT2D eigenvalue weighted by atomic mass is 10.1. The highest BCUT2D eigenvalue weighted by Crippen LogP contribution is 2.35. The first kappa shape index (κ1) is 20.4. The molecule has 0 unspecified atom stereocenters. The van der Waals surface area contributed by atoms with Gasteiger partial charge in [-0.05, 0) is 61.4 Å². The van der Waals surface area contributed by atoms with E-state index in [1.165, 1.54) is 0 Å². The minimum absolute atomic E-state index is 0.416. The summed E-state index contributed by atoms with van der Waals surface area (Å²) in [6, 6.07) is 13.5. The Balaban J connectivity index is 1.60. The first-order valence-corrected chi connectivity index (χ1v) is 10.2. The minimum atomic E-state index is 0.416. The summed E-state index contributed by atoms with van der Waals surface area (Å²) in [5.41, 5.74) is 5.72. The number of ether oxygens (including phenoxy) is 1. The Labute approximate surface area is 185 Å². The van der Waals surface area contributed by atoms with Crippen molar-refractivity contribution >= 4 is 23.2 Å². The fourth-order valence-corrected chi connectivity index (χ4v) is 3.68. The molecule has 0 radical (unpaired) electrons. The van der Waals surface area contributed by atoms with Crippen LogP contribution in [0.2, 0.25) is 10.3 Å². The molecule has 0 amide bonds. The van der Waals surface area contributed by atoms with E-state index in [-0.39, 0.29) is 0 Å². The molecule has 0 aliphatic carbocycles. The van der Waals surface area contributed by atoms with Crippen molar-refractivity contribution in [1.29, 1.82) is 0 Å². The lowest BCUT2D eigenvalue weighted by Gasteiger charge is -2.12. The van der Waals surface area contributed by atoms with Crippen molar-refractivity contribution in [2.24, 2.45) is 7.05 Å². The lowest BCUT2D eigenvalue weighted by Crippen LogP contribution is -2.00. The van der Waals surface area contributed by atoms with Gasteiger partial charge < -0.3 is 9.30 Å². The molecule has 152 valence electrons. The fraction of sp³-hybridized carbons (Fsp3) is 0.174. The van der Waals surface area contributed by atoms with E-state index in [0.717, 1.165) is 45.2 Å². The number of hydrogen-bond acceptors (Lipinski definition) is 4. The van der Waals surface area contributed by atoms with E-state index in [1.807, 2.05) is 68.1 Å². The van der Waals surface area contributed by atoms with Crippen LogP contribution in [-0.4, -0.2) is 19.5 Å². The van der Waals surface area contributed by atoms with Crippen LogP contribution >= 0.6 is 23.2 Å². The van der Waals surface area contributed by atoms with Gasteiger partial charge in [-0.1, -0.05) is 29.3 Å². The van der Waals surface area contributed by atoms with Crippen molar-refractivity contribution < 1.29 is 4.74 Å². The van der Waals surface area contributed by atoms with Crippen LogP contribution in [-0.2, 0) is 13.7 Å². The van der Waals surface area contributed by atoms with Gasteiger partial charge in [0.05, 0.1) is 11.4 Å². The van der Waals surface area contributed by atoms with E-state index in [4.69, 9.17) is 27.9 Å². The highest BCUT2D eigenvalue weighted by Gasteiger charge is 2.18. The van der Waals surface area contributed by atoms with E-state index < -0.39 is 0 Å². The Morgan fingerprint density at radius 1 is 0.967 bits per heavy atom. The van der Waals surface area contributed by atoms with E-state index in [0.29, 0.717) is 16.9 Å². The molecule has 0 aliphatic rings. The van der Waals surface area contributed by atoms with Gasteiger partial charge in [0.1, 0.15) is 23.3 Å². The SMILES string of the molecule is Cc1ccc(COc2ccc(-c3c(Cl)nc(-c4ccc(Cl)nc4)n3C)c(C)c2)nc1. The first-order valence-electron chi connectivity index (χ1n) is 9.42. The third-order valence-corrected chi connectivity index (χ3v) is 5.34. The third kappa shape index (κ3) is 4.18. The predicted molar refractivity (Wildman–Crippen MR) is 120 cm³/mol. The summed E-state index contributed by atoms with van der Waals surface area (Å²) in [7, 11) is 1.94. The topological polar surface area (TPSA) is 52.8 Å². The van der Waals surface area contributed by atoms with Crippen LogP contribution in [0.3, 0.4) is 0 Å². The zero-order valence-electron chi connectivity index (χ0n) is 16.9. The second-order valence-corrected chi connectivity index (χ2v) is 7.84. The molecule has 5 nitrogen and oxygen atoms in total. The number of nitrogens with zero attached hydrogens (tertiary/aromatic N) is 4. The molecule has 0 atom stereocenters. The first-order chi connectivity index (χ1) is 14.4. The summed E-state index contributed by atoms with van der Waals surface area (Å²) in [5.74, 6) is 1.50. The van der Waals surface area contributed by atoms with Crippen molar-refractivity contribution in [1.82, 2.24) is 19.5 Å². The zero-order chi connectivity index (χ0) is 21.3. The van der Waals surface area contributed by atoms with E-state index in [9.17, 15) is 0 Å². The Morgan fingerprint density at radius 3 is 2.47 bits per heavy atom. The summed E-state index contributed by atoms with van der Waals surface area (Å²) < 4.78 is 7.88. The van der Waals surface area contributed by atoms with Crippen LogP contribution in [0.15, 0.2) is 54.9 Å². The van der Waals surface area contributed by atoms with Crippen molar-refractivity contribution in [3.63, 3.8) is 0 Å². The summed E-state index contributed by atoms with van der Waals surface area (Å²) in [6.45, 7) is 4.45. The Hall–Kier alpha value is -2.89. The molecule has 0 bridgehead atoms. The molecule has 30 heavy (non-hydrogen) atoms. The molecule has 0 N–H and O–H groups in total. The van der Waals surface area contributed by atoms with Gasteiger partial charge >= 0.3 is 0 Å². The second kappa shape index (κ2) is 8.46. The maximum absolute atomic E-state index is 6.51. The summed E-state index contributed by atoms with van der Waals surface area (Å²) >= 11 is 12.4. The number of hydrogen-bond donors (Lipinski definition) is 0. The van der Waals surface area contributed by atoms with E-state index in [2.05, 4.69) is 15.0 Å². The smallest absolute Gasteiger partial charge is 0.155 e. The van der Waals surface area contributed by atoms with Gasteiger partial charge in [0, 0.05) is 30.6 Å². The third-order valence-electron chi connectivity index (χ3n) is 4.85. The molecule has 1 aromatic carbocycles. The molecule has 3 heterocycles. The number of imidazole rings is 1. The van der Waals surface area contributed by atoms with Gasteiger partial charge in [-0.3, -0.25) is 4.98 Å². The Morgan fingerprint density at radius 2 is 1.80 bits per heavy atom. The van der Waals surface area contributed by atoms with E-state index >= 15 is 0 Å². The summed E-state index contributed by atoms with van der Waals surface area (Å²) in [6.07, 6.45) is 3.53. The number of aromatic nitrogens is 4. The average Bonchev–Trinajstić information content (AvgIpc) is 3.02. The van der Waals surface area contributed by atoms with Crippen molar-refractivity contribution in [3.8, 4) is 28.4 Å². The van der Waals surface area contributed by atoms with Gasteiger partial charge in [0.2, 0.25) is 0 Å². The zero-order valence-corrected chi connectivity index (χ0v) is 18.4. The van der Waals surface area contributed by atoms with Crippen LogP contribution in [0.5, 0.6) is 5.75 Å². The molecular weight excluding hydrogens is 419 g/mol. The monoisotopic (exact) mass is 438 g/mol. The number of pyridine rings is 2. The van der Waals surface area contributed by atoms with Gasteiger partial charge in [-0.2, -0.15) is 0 Å². The maximum Gasteiger partial charge on any atom is 0.155 e. The van der Waals surface area contributed by atoms with Gasteiger partial charge in [0.15, 0.2) is 5.15 Å². The van der Waals surface area contributed by atoms with Gasteiger partial charge in [-0.25, -0.2) is 9.97 Å². The standard InChI is InChI=1S/C23H20Cl2N4O/c1-14-4-6-17(26-11-14)13-30-18-7-8-19(15(2)10-18)21-22(25)28-23(29(21)3)16-5-9-20(24)27-12-16/h4-12H,13H2,1-3H3. The molecule has 0 aliphatic heterocycles. The van der Waals surface area contributed by atoms with E-state index in [1.54, 1.807) is 12.3 Å². The van der Waals surface area contributed by atoms with Crippen LogP contribution in [0.25, 0.3) is 22.6 Å². The number of aryl methyl sites for hydroxylation is 2. The number of rotatable bonds is 5. The normalized spacial score (nSPS) is 11.0. The van der Waals surface area contributed by atoms with Crippen LogP contribution < -0.4 is 4.74 Å². The molecule has 0 saturated heterocycles. The molecule has 0 spiro atoms. The fourth-order valence-electron chi connectivity index (χ4n) is 3.26. The van der Waals surface area contributed by atoms with Crippen LogP contribution in [0.1, 0.15) is 16.8 Å². The largest absolute Gasteiger partial charge is 0.487 e. The Bertz CT molecular complexity index is 1190. The molecular formula is C23H20Cl2N4O. The summed E-state index contributed by atoms with van der Waals surface area (Å²) in [4.78, 5) is 13.0.